The molecule has 3 atom stereocenters. The minimum atomic E-state index is -1.34. The molecule has 152 valence electrons. The van der Waals surface area contributed by atoms with E-state index in [1.54, 1.807) is 0 Å². The van der Waals surface area contributed by atoms with E-state index < -0.39 is 24.1 Å². The fourth-order valence-electron chi connectivity index (χ4n) is 3.09. The van der Waals surface area contributed by atoms with Crippen LogP contribution in [0.2, 0.25) is 0 Å². The summed E-state index contributed by atoms with van der Waals surface area (Å²) in [7, 11) is 0. The Balaban J connectivity index is 1.87. The van der Waals surface area contributed by atoms with E-state index in [2.05, 4.69) is 16.7 Å². The molecule has 6 nitrogen and oxygen atoms in total. The van der Waals surface area contributed by atoms with Gasteiger partial charge in [0, 0.05) is 6.04 Å². The van der Waals surface area contributed by atoms with Gasteiger partial charge in [-0.05, 0) is 37.3 Å². The largest absolute Gasteiger partial charge is 0.445 e. The van der Waals surface area contributed by atoms with E-state index in [9.17, 15) is 14.7 Å². The molecule has 28 heavy (non-hydrogen) atoms. The maximum absolute atomic E-state index is 12.5. The number of aliphatic hydroxyl groups excluding tert-OH is 1. The van der Waals surface area contributed by atoms with Crippen molar-refractivity contribution in [2.24, 2.45) is 0 Å². The zero-order chi connectivity index (χ0) is 20.4. The lowest BCUT2D eigenvalue weighted by molar-refractivity contribution is -0.131. The summed E-state index contributed by atoms with van der Waals surface area (Å²) in [5.41, 5.74) is 1.98. The van der Waals surface area contributed by atoms with Crippen molar-refractivity contribution in [1.82, 2.24) is 10.6 Å². The molecular formula is C22H30N2O4. The maximum atomic E-state index is 12.5. The number of carbonyl (C=O) groups is 2. The van der Waals surface area contributed by atoms with Crippen molar-refractivity contribution in [2.75, 3.05) is 0 Å². The molecule has 0 heterocycles. The molecule has 1 aromatic rings. The second-order valence-electron chi connectivity index (χ2n) is 6.98. The van der Waals surface area contributed by atoms with Crippen LogP contribution in [-0.2, 0) is 16.1 Å². The lowest BCUT2D eigenvalue weighted by Crippen LogP contribution is -2.52. The first-order valence-electron chi connectivity index (χ1n) is 9.82. The van der Waals surface area contributed by atoms with E-state index in [0.717, 1.165) is 24.0 Å². The average Bonchev–Trinajstić information content (AvgIpc) is 2.72. The molecule has 0 fully saturated rings. The van der Waals surface area contributed by atoms with Gasteiger partial charge in [-0.3, -0.25) is 4.79 Å². The predicted octanol–water partition coefficient (Wildman–Crippen LogP) is 3.22. The zero-order valence-electron chi connectivity index (χ0n) is 16.6. The molecule has 0 bridgehead atoms. The Morgan fingerprint density at radius 2 is 1.96 bits per heavy atom. The SMILES string of the molecule is CCC[C@H](NC(=O)OCc1ccccc1)C(O)C(=O)N[C@@H](C)C1=CC=CCC1. The summed E-state index contributed by atoms with van der Waals surface area (Å²) in [6.07, 6.45) is 7.06. The van der Waals surface area contributed by atoms with Crippen molar-refractivity contribution in [3.8, 4) is 0 Å². The Labute approximate surface area is 166 Å². The Bertz CT molecular complexity index is 700. The Hall–Kier alpha value is -2.60. The number of ether oxygens (including phenoxy) is 1. The van der Waals surface area contributed by atoms with Gasteiger partial charge in [-0.2, -0.15) is 0 Å². The Morgan fingerprint density at radius 3 is 2.61 bits per heavy atom. The van der Waals surface area contributed by atoms with Gasteiger partial charge >= 0.3 is 6.09 Å². The molecule has 1 unspecified atom stereocenters. The van der Waals surface area contributed by atoms with Gasteiger partial charge in [0.05, 0.1) is 6.04 Å². The van der Waals surface area contributed by atoms with E-state index in [0.29, 0.717) is 12.8 Å². The van der Waals surface area contributed by atoms with Crippen molar-refractivity contribution in [1.29, 1.82) is 0 Å². The third-order valence-electron chi connectivity index (χ3n) is 4.73. The highest BCUT2D eigenvalue weighted by Crippen LogP contribution is 2.16. The molecule has 0 spiro atoms. The third kappa shape index (κ3) is 6.85. The summed E-state index contributed by atoms with van der Waals surface area (Å²) in [5.74, 6) is -0.496. The molecule has 2 amide bonds. The fraction of sp³-hybridized carbons (Fsp3) is 0.455. The predicted molar refractivity (Wildman–Crippen MR) is 109 cm³/mol. The number of benzene rings is 1. The van der Waals surface area contributed by atoms with Crippen LogP contribution in [0.1, 0.15) is 45.1 Å². The summed E-state index contributed by atoms with van der Waals surface area (Å²) >= 11 is 0. The van der Waals surface area contributed by atoms with Crippen LogP contribution < -0.4 is 10.6 Å². The first kappa shape index (κ1) is 21.7. The van der Waals surface area contributed by atoms with Gasteiger partial charge in [0.1, 0.15) is 6.61 Å². The van der Waals surface area contributed by atoms with Crippen molar-refractivity contribution in [3.05, 3.63) is 59.7 Å². The third-order valence-corrected chi connectivity index (χ3v) is 4.73. The quantitative estimate of drug-likeness (QED) is 0.608. The van der Waals surface area contributed by atoms with E-state index in [1.807, 2.05) is 56.3 Å². The smallest absolute Gasteiger partial charge is 0.407 e. The number of carbonyl (C=O) groups excluding carboxylic acids is 2. The van der Waals surface area contributed by atoms with Gasteiger partial charge < -0.3 is 20.5 Å². The maximum Gasteiger partial charge on any atom is 0.407 e. The molecule has 0 radical (unpaired) electrons. The zero-order valence-corrected chi connectivity index (χ0v) is 16.6. The van der Waals surface area contributed by atoms with Crippen molar-refractivity contribution >= 4 is 12.0 Å². The first-order chi connectivity index (χ1) is 13.5. The van der Waals surface area contributed by atoms with Crippen molar-refractivity contribution < 1.29 is 19.4 Å². The molecule has 0 saturated heterocycles. The van der Waals surface area contributed by atoms with Crippen LogP contribution in [-0.4, -0.2) is 35.3 Å². The number of alkyl carbamates (subject to hydrolysis) is 1. The van der Waals surface area contributed by atoms with E-state index >= 15 is 0 Å². The number of hydrogen-bond acceptors (Lipinski definition) is 4. The van der Waals surface area contributed by atoms with Crippen LogP contribution in [0.3, 0.4) is 0 Å². The van der Waals surface area contributed by atoms with E-state index in [1.165, 1.54) is 0 Å². The van der Waals surface area contributed by atoms with Crippen molar-refractivity contribution in [2.45, 2.75) is 64.3 Å². The summed E-state index contributed by atoms with van der Waals surface area (Å²) < 4.78 is 5.20. The van der Waals surface area contributed by atoms with Crippen LogP contribution in [0.15, 0.2) is 54.1 Å². The first-order valence-corrected chi connectivity index (χ1v) is 9.82. The monoisotopic (exact) mass is 386 g/mol. The minimum Gasteiger partial charge on any atom is -0.445 e. The standard InChI is InChI=1S/C22H30N2O4/c1-3-10-19(24-22(27)28-15-17-11-6-4-7-12-17)20(25)21(26)23-16(2)18-13-8-5-9-14-18/h4-8,11-13,16,19-20,25H,3,9-10,14-15H2,1-2H3,(H,23,26)(H,24,27)/t16-,19-,20?/m0/s1. The number of allylic oxidation sites excluding steroid dienone is 3. The second kappa shape index (κ2) is 11.3. The molecule has 0 aliphatic heterocycles. The summed E-state index contributed by atoms with van der Waals surface area (Å²) in [4.78, 5) is 24.6. The van der Waals surface area contributed by atoms with Gasteiger partial charge in [-0.1, -0.05) is 61.9 Å². The number of aliphatic hydroxyl groups is 1. The molecule has 1 aliphatic rings. The number of amides is 2. The van der Waals surface area contributed by atoms with Gasteiger partial charge in [0.2, 0.25) is 0 Å². The van der Waals surface area contributed by atoms with Gasteiger partial charge in [0.15, 0.2) is 6.10 Å². The summed E-state index contributed by atoms with van der Waals surface area (Å²) in [5, 5.41) is 15.9. The molecule has 3 N–H and O–H groups in total. The van der Waals surface area contributed by atoms with Crippen LogP contribution in [0, 0.1) is 0 Å². The Kier molecular flexibility index (Phi) is 8.75. The second-order valence-corrected chi connectivity index (χ2v) is 6.98. The lowest BCUT2D eigenvalue weighted by Gasteiger charge is -2.25. The molecular weight excluding hydrogens is 356 g/mol. The normalized spacial score (nSPS) is 16.5. The molecule has 1 aliphatic carbocycles. The minimum absolute atomic E-state index is 0.131. The van der Waals surface area contributed by atoms with Gasteiger partial charge in [0.25, 0.3) is 5.91 Å². The topological polar surface area (TPSA) is 87.7 Å². The molecule has 2 rings (SSSR count). The highest BCUT2D eigenvalue weighted by atomic mass is 16.5. The highest BCUT2D eigenvalue weighted by Gasteiger charge is 2.28. The van der Waals surface area contributed by atoms with Crippen LogP contribution in [0.4, 0.5) is 4.79 Å². The summed E-state index contributed by atoms with van der Waals surface area (Å²) in [6, 6.07) is 8.45. The van der Waals surface area contributed by atoms with Crippen LogP contribution in [0.25, 0.3) is 0 Å². The van der Waals surface area contributed by atoms with E-state index in [4.69, 9.17) is 4.74 Å². The highest BCUT2D eigenvalue weighted by molar-refractivity contribution is 5.82. The number of hydrogen-bond donors (Lipinski definition) is 3. The fourth-order valence-corrected chi connectivity index (χ4v) is 3.09. The van der Waals surface area contributed by atoms with Crippen LogP contribution in [0.5, 0.6) is 0 Å². The molecule has 6 heteroatoms. The van der Waals surface area contributed by atoms with Gasteiger partial charge in [-0.15, -0.1) is 0 Å². The lowest BCUT2D eigenvalue weighted by atomic mass is 9.98. The van der Waals surface area contributed by atoms with Crippen molar-refractivity contribution in [3.63, 3.8) is 0 Å². The average molecular weight is 386 g/mol. The van der Waals surface area contributed by atoms with Gasteiger partial charge in [-0.25, -0.2) is 4.79 Å². The molecule has 0 saturated carbocycles. The Morgan fingerprint density at radius 1 is 1.21 bits per heavy atom. The number of nitrogens with one attached hydrogen (secondary N) is 2. The van der Waals surface area contributed by atoms with E-state index in [-0.39, 0.29) is 12.6 Å². The summed E-state index contributed by atoms with van der Waals surface area (Å²) in [6.45, 7) is 3.95. The molecule has 0 aromatic heterocycles. The number of rotatable bonds is 9. The molecule has 1 aromatic carbocycles. The van der Waals surface area contributed by atoms with Crippen LogP contribution >= 0.6 is 0 Å².